The summed E-state index contributed by atoms with van der Waals surface area (Å²) in [7, 11) is 0. The van der Waals surface area contributed by atoms with Crippen LogP contribution in [0.2, 0.25) is 0 Å². The minimum absolute atomic E-state index is 0.0886. The molecule has 0 bridgehead atoms. The van der Waals surface area contributed by atoms with Crippen molar-refractivity contribution in [3.8, 4) is 28.3 Å². The van der Waals surface area contributed by atoms with E-state index in [9.17, 15) is 0 Å². The Hall–Kier alpha value is -3.07. The lowest BCUT2D eigenvalue weighted by Gasteiger charge is -2.25. The van der Waals surface area contributed by atoms with Crippen LogP contribution in [0.3, 0.4) is 0 Å². The first-order chi connectivity index (χ1) is 12.5. The first kappa shape index (κ1) is 15.2. The summed E-state index contributed by atoms with van der Waals surface area (Å²) in [5, 5.41) is 0. The Bertz CT molecular complexity index is 1130. The van der Waals surface area contributed by atoms with Gasteiger partial charge in [0.2, 0.25) is 0 Å². The van der Waals surface area contributed by atoms with Gasteiger partial charge in [-0.2, -0.15) is 0 Å². The number of imidazole rings is 1. The monoisotopic (exact) mass is 340 g/mol. The smallest absolute Gasteiger partial charge is 0.153 e. The third-order valence-corrected chi connectivity index (χ3v) is 4.85. The Morgan fingerprint density at radius 1 is 0.808 bits per heavy atom. The van der Waals surface area contributed by atoms with Crippen molar-refractivity contribution >= 4 is 11.0 Å². The third kappa shape index (κ3) is 2.10. The van der Waals surface area contributed by atoms with E-state index >= 15 is 0 Å². The van der Waals surface area contributed by atoms with E-state index in [1.807, 2.05) is 24.3 Å². The van der Waals surface area contributed by atoms with Gasteiger partial charge in [0.1, 0.15) is 16.9 Å². The lowest BCUT2D eigenvalue weighted by atomic mass is 9.95. The minimum atomic E-state index is -0.0886. The Kier molecular flexibility index (Phi) is 3.05. The maximum absolute atomic E-state index is 6.21. The molecule has 128 valence electrons. The summed E-state index contributed by atoms with van der Waals surface area (Å²) in [6.45, 7) is 6.62. The number of fused-ring (bicyclic) bond motifs is 2. The molecule has 0 unspecified atom stereocenters. The van der Waals surface area contributed by atoms with Crippen LogP contribution < -0.4 is 4.74 Å². The summed E-state index contributed by atoms with van der Waals surface area (Å²) in [4.78, 5) is 5.11. The molecule has 0 aliphatic carbocycles. The average molecular weight is 340 g/mol. The topological polar surface area (TPSA) is 27.1 Å². The van der Waals surface area contributed by atoms with Gasteiger partial charge in [0.05, 0.1) is 5.69 Å². The molecule has 3 heteroatoms. The van der Waals surface area contributed by atoms with Crippen molar-refractivity contribution in [2.24, 2.45) is 0 Å². The van der Waals surface area contributed by atoms with E-state index < -0.39 is 0 Å². The zero-order chi connectivity index (χ0) is 17.9. The average Bonchev–Trinajstić information content (AvgIpc) is 3.05. The Morgan fingerprint density at radius 2 is 1.54 bits per heavy atom. The highest BCUT2D eigenvalue weighted by Crippen LogP contribution is 2.45. The molecule has 0 spiro atoms. The second kappa shape index (κ2) is 5.21. The van der Waals surface area contributed by atoms with Crippen LogP contribution >= 0.6 is 0 Å². The van der Waals surface area contributed by atoms with Crippen LogP contribution in [-0.4, -0.2) is 9.55 Å². The second-order valence-corrected chi connectivity index (χ2v) is 7.77. The number of aromatic nitrogens is 2. The zero-order valence-corrected chi connectivity index (χ0v) is 15.2. The van der Waals surface area contributed by atoms with E-state index in [1.165, 1.54) is 5.56 Å². The number of hydrogen-bond donors (Lipinski definition) is 0. The number of para-hydroxylation sites is 2. The van der Waals surface area contributed by atoms with Crippen LogP contribution in [0, 0.1) is 0 Å². The van der Waals surface area contributed by atoms with Gasteiger partial charge in [0, 0.05) is 11.0 Å². The molecule has 0 saturated heterocycles. The molecule has 4 aromatic rings. The zero-order valence-electron chi connectivity index (χ0n) is 15.2. The van der Waals surface area contributed by atoms with E-state index in [-0.39, 0.29) is 5.41 Å². The van der Waals surface area contributed by atoms with Crippen LogP contribution in [0.5, 0.6) is 11.5 Å². The largest absolute Gasteiger partial charge is 0.453 e. The Balaban J connectivity index is 1.93. The summed E-state index contributed by atoms with van der Waals surface area (Å²) >= 11 is 0. The molecular weight excluding hydrogens is 320 g/mol. The maximum Gasteiger partial charge on any atom is 0.153 e. The van der Waals surface area contributed by atoms with Crippen LogP contribution in [0.4, 0.5) is 0 Å². The molecule has 26 heavy (non-hydrogen) atoms. The molecule has 0 radical (unpaired) electrons. The predicted octanol–water partition coefficient (Wildman–Crippen LogP) is 6.10. The van der Waals surface area contributed by atoms with E-state index in [1.54, 1.807) is 0 Å². The molecule has 2 heterocycles. The lowest BCUT2D eigenvalue weighted by Crippen LogP contribution is -2.19. The van der Waals surface area contributed by atoms with Crippen molar-refractivity contribution in [3.05, 3.63) is 72.6 Å². The number of rotatable bonds is 1. The van der Waals surface area contributed by atoms with E-state index in [4.69, 9.17) is 9.72 Å². The SMILES string of the molecule is CC(C)(C)c1nc2c(-c3ccccc3)ccc3c2n1-c1ccccc1O3. The summed E-state index contributed by atoms with van der Waals surface area (Å²) in [6, 6.07) is 22.8. The van der Waals surface area contributed by atoms with Gasteiger partial charge in [-0.25, -0.2) is 4.98 Å². The standard InChI is InChI=1S/C23H20N2O/c1-23(2,3)22-24-20-16(15-9-5-4-6-10-15)13-14-19-21(20)25(22)17-11-7-8-12-18(17)26-19/h4-14H,1-3H3. The fourth-order valence-corrected chi connectivity index (χ4v) is 3.67. The van der Waals surface area contributed by atoms with Crippen molar-refractivity contribution < 1.29 is 4.74 Å². The molecule has 1 aliphatic heterocycles. The van der Waals surface area contributed by atoms with Gasteiger partial charge in [-0.1, -0.05) is 63.2 Å². The first-order valence-electron chi connectivity index (χ1n) is 8.92. The van der Waals surface area contributed by atoms with E-state index in [0.29, 0.717) is 0 Å². The van der Waals surface area contributed by atoms with Gasteiger partial charge in [0.25, 0.3) is 0 Å². The number of benzene rings is 3. The third-order valence-electron chi connectivity index (χ3n) is 4.85. The molecule has 3 aromatic carbocycles. The number of ether oxygens (including phenoxy) is 1. The predicted molar refractivity (Wildman–Crippen MR) is 105 cm³/mol. The molecule has 0 amide bonds. The Morgan fingerprint density at radius 3 is 2.31 bits per heavy atom. The van der Waals surface area contributed by atoms with Crippen LogP contribution in [0.25, 0.3) is 27.8 Å². The Labute approximate surface area is 152 Å². The van der Waals surface area contributed by atoms with Crippen LogP contribution in [0.1, 0.15) is 26.6 Å². The molecule has 0 fully saturated rings. The molecule has 1 aliphatic rings. The fraction of sp³-hybridized carbons (Fsp3) is 0.174. The van der Waals surface area contributed by atoms with Gasteiger partial charge in [0.15, 0.2) is 11.5 Å². The molecule has 0 saturated carbocycles. The fourth-order valence-electron chi connectivity index (χ4n) is 3.67. The quantitative estimate of drug-likeness (QED) is 0.369. The highest BCUT2D eigenvalue weighted by Gasteiger charge is 2.30. The number of nitrogens with zero attached hydrogens (tertiary/aromatic N) is 2. The minimum Gasteiger partial charge on any atom is -0.453 e. The van der Waals surface area contributed by atoms with Gasteiger partial charge in [-0.05, 0) is 29.8 Å². The second-order valence-electron chi connectivity index (χ2n) is 7.77. The summed E-state index contributed by atoms with van der Waals surface area (Å²) in [5.74, 6) is 2.78. The highest BCUT2D eigenvalue weighted by atomic mass is 16.5. The van der Waals surface area contributed by atoms with Crippen molar-refractivity contribution in [2.75, 3.05) is 0 Å². The van der Waals surface area contributed by atoms with Gasteiger partial charge >= 0.3 is 0 Å². The molecule has 5 rings (SSSR count). The summed E-state index contributed by atoms with van der Waals surface area (Å²) in [5.41, 5.74) is 5.31. The van der Waals surface area contributed by atoms with Crippen LogP contribution in [-0.2, 0) is 5.41 Å². The molecule has 0 atom stereocenters. The number of hydrogen-bond acceptors (Lipinski definition) is 2. The van der Waals surface area contributed by atoms with Gasteiger partial charge in [-0.15, -0.1) is 0 Å². The van der Waals surface area contributed by atoms with Crippen molar-refractivity contribution in [1.82, 2.24) is 9.55 Å². The van der Waals surface area contributed by atoms with E-state index in [2.05, 4.69) is 67.8 Å². The van der Waals surface area contributed by atoms with Crippen LogP contribution in [0.15, 0.2) is 66.7 Å². The van der Waals surface area contributed by atoms with Crippen molar-refractivity contribution in [2.45, 2.75) is 26.2 Å². The lowest BCUT2D eigenvalue weighted by molar-refractivity contribution is 0.467. The molecular formula is C23H20N2O. The molecule has 0 N–H and O–H groups in total. The van der Waals surface area contributed by atoms with E-state index in [0.717, 1.165) is 39.6 Å². The summed E-state index contributed by atoms with van der Waals surface area (Å²) < 4.78 is 8.48. The summed E-state index contributed by atoms with van der Waals surface area (Å²) in [6.07, 6.45) is 0. The van der Waals surface area contributed by atoms with Crippen molar-refractivity contribution in [3.63, 3.8) is 0 Å². The molecule has 1 aromatic heterocycles. The van der Waals surface area contributed by atoms with Crippen molar-refractivity contribution in [1.29, 1.82) is 0 Å². The van der Waals surface area contributed by atoms with Gasteiger partial charge < -0.3 is 4.74 Å². The first-order valence-corrected chi connectivity index (χ1v) is 8.92. The van der Waals surface area contributed by atoms with Gasteiger partial charge in [-0.3, -0.25) is 4.57 Å². The normalized spacial score (nSPS) is 12.7. The maximum atomic E-state index is 6.21. The molecule has 3 nitrogen and oxygen atoms in total. The highest BCUT2D eigenvalue weighted by molar-refractivity contribution is 5.98.